The Morgan fingerprint density at radius 3 is 2.50 bits per heavy atom. The van der Waals surface area contributed by atoms with E-state index in [-0.39, 0.29) is 24.5 Å². The smallest absolute Gasteiger partial charge is 0.434 e. The van der Waals surface area contributed by atoms with Crippen molar-refractivity contribution in [2.24, 2.45) is 5.73 Å². The van der Waals surface area contributed by atoms with Crippen LogP contribution in [0.4, 0.5) is 13.2 Å². The van der Waals surface area contributed by atoms with Crippen molar-refractivity contribution >= 4 is 7.85 Å². The van der Waals surface area contributed by atoms with Crippen LogP contribution >= 0.6 is 0 Å². The van der Waals surface area contributed by atoms with E-state index in [0.717, 1.165) is 0 Å². The largest absolute Gasteiger partial charge is 0.488 e. The summed E-state index contributed by atoms with van der Waals surface area (Å²) in [5.74, 6) is -3.32. The zero-order valence-corrected chi connectivity index (χ0v) is 13.7. The number of alkyl halides is 3. The summed E-state index contributed by atoms with van der Waals surface area (Å²) in [4.78, 5) is 3.42. The molecule has 26 heavy (non-hydrogen) atoms. The third-order valence-corrected chi connectivity index (χ3v) is 3.48. The van der Waals surface area contributed by atoms with Gasteiger partial charge in [-0.1, -0.05) is 12.1 Å². The van der Waals surface area contributed by atoms with Gasteiger partial charge in [0.05, 0.1) is 6.61 Å². The van der Waals surface area contributed by atoms with Crippen molar-refractivity contribution in [2.75, 3.05) is 6.61 Å². The maximum absolute atomic E-state index is 13.0. The Hall–Kier alpha value is -2.08. The normalized spacial score (nSPS) is 13.7. The number of imidazole rings is 1. The highest BCUT2D eigenvalue weighted by atomic mass is 19.4. The fourth-order valence-electron chi connectivity index (χ4n) is 2.20. The molecule has 2 rings (SSSR count). The first-order valence-corrected chi connectivity index (χ1v) is 7.49. The maximum Gasteiger partial charge on any atom is 0.434 e. The monoisotopic (exact) mass is 371 g/mol. The van der Waals surface area contributed by atoms with Gasteiger partial charge in [0.25, 0.3) is 0 Å². The highest BCUT2D eigenvalue weighted by Gasteiger charge is 2.37. The van der Waals surface area contributed by atoms with Gasteiger partial charge in [-0.05, 0) is 13.0 Å². The van der Waals surface area contributed by atoms with Gasteiger partial charge in [0.1, 0.15) is 17.7 Å². The summed E-state index contributed by atoms with van der Waals surface area (Å²) in [6, 6.07) is 4.22. The minimum Gasteiger partial charge on any atom is -0.488 e. The van der Waals surface area contributed by atoms with Crippen molar-refractivity contribution in [3.63, 3.8) is 0 Å². The molecule has 1 atom stereocenters. The van der Waals surface area contributed by atoms with Crippen LogP contribution in [-0.4, -0.2) is 45.4 Å². The number of rotatable bonds is 6. The summed E-state index contributed by atoms with van der Waals surface area (Å²) in [6.07, 6.45) is -5.01. The van der Waals surface area contributed by atoms with E-state index in [4.69, 9.17) is 23.4 Å². The van der Waals surface area contributed by atoms with Crippen molar-refractivity contribution in [3.8, 4) is 17.1 Å². The lowest BCUT2D eigenvalue weighted by Gasteiger charge is -2.22. The van der Waals surface area contributed by atoms with Crippen LogP contribution < -0.4 is 10.5 Å². The minimum atomic E-state index is -4.81. The molecule has 0 aliphatic rings. The molecule has 1 unspecified atom stereocenters. The Morgan fingerprint density at radius 1 is 1.35 bits per heavy atom. The molecule has 11 heteroatoms. The fourth-order valence-corrected chi connectivity index (χ4v) is 2.20. The maximum atomic E-state index is 13.0. The SMILES string of the molecule is [B]C(O)(O)n1cc(C(F)(F)F)nc1-c1ccc(CN)c(OC(C)CO)c1. The summed E-state index contributed by atoms with van der Waals surface area (Å²) in [5.41, 5.74) is 4.87. The number of nitrogens with zero attached hydrogens (tertiary/aromatic N) is 2. The van der Waals surface area contributed by atoms with Crippen LogP contribution in [-0.2, 0) is 18.5 Å². The molecule has 1 aromatic carbocycles. The lowest BCUT2D eigenvalue weighted by atomic mass is 10.0. The lowest BCUT2D eigenvalue weighted by Crippen LogP contribution is -2.33. The average molecular weight is 371 g/mol. The Kier molecular flexibility index (Phi) is 5.66. The van der Waals surface area contributed by atoms with Gasteiger partial charge in [0.2, 0.25) is 0 Å². The van der Waals surface area contributed by atoms with E-state index in [1.165, 1.54) is 18.2 Å². The number of hydrogen-bond acceptors (Lipinski definition) is 6. The molecular formula is C15H17BF3N3O4. The molecule has 7 nitrogen and oxygen atoms in total. The second-order valence-electron chi connectivity index (χ2n) is 5.64. The summed E-state index contributed by atoms with van der Waals surface area (Å²) in [6.45, 7) is 1.37. The summed E-state index contributed by atoms with van der Waals surface area (Å²) in [5, 5.41) is 28.2. The molecule has 2 radical (unpaired) electrons. The molecule has 0 fully saturated rings. The molecule has 0 aliphatic carbocycles. The van der Waals surface area contributed by atoms with E-state index in [2.05, 4.69) is 4.98 Å². The standard InChI is InChI=1S/C15H17BF3N3O4/c1-8(7-23)26-11-4-9(2-3-10(11)5-20)13-21-12(14(17,18)19)6-22(13)15(16,24)25/h2-4,6,8,23-25H,5,7,20H2,1H3. The van der Waals surface area contributed by atoms with Crippen molar-refractivity contribution in [1.29, 1.82) is 0 Å². The Balaban J connectivity index is 2.60. The number of aromatic nitrogens is 2. The molecule has 140 valence electrons. The Labute approximate surface area is 148 Å². The predicted molar refractivity (Wildman–Crippen MR) is 85.9 cm³/mol. The van der Waals surface area contributed by atoms with E-state index < -0.39 is 29.6 Å². The molecule has 0 amide bonds. The Bertz CT molecular complexity index is 774. The van der Waals surface area contributed by atoms with Crippen molar-refractivity contribution < 1.29 is 33.2 Å². The number of aliphatic hydroxyl groups is 3. The number of benzene rings is 1. The second kappa shape index (κ2) is 7.27. The van der Waals surface area contributed by atoms with Crippen LogP contribution in [0.15, 0.2) is 24.4 Å². The molecule has 0 aliphatic heterocycles. The second-order valence-corrected chi connectivity index (χ2v) is 5.64. The number of aliphatic hydroxyl groups excluding tert-OH is 1. The highest BCUT2D eigenvalue weighted by molar-refractivity contribution is 6.11. The van der Waals surface area contributed by atoms with Gasteiger partial charge < -0.3 is 25.8 Å². The number of halogens is 3. The lowest BCUT2D eigenvalue weighted by molar-refractivity contribution is -0.153. The number of nitrogens with two attached hydrogens (primary N) is 1. The Morgan fingerprint density at radius 2 is 2.00 bits per heavy atom. The van der Waals surface area contributed by atoms with E-state index in [9.17, 15) is 23.4 Å². The molecule has 1 heterocycles. The highest BCUT2D eigenvalue weighted by Crippen LogP contribution is 2.34. The zero-order valence-electron chi connectivity index (χ0n) is 13.7. The fraction of sp³-hybridized carbons (Fsp3) is 0.400. The van der Waals surface area contributed by atoms with Gasteiger partial charge in [-0.3, -0.25) is 4.57 Å². The molecule has 2 aromatic rings. The first-order chi connectivity index (χ1) is 12.0. The first kappa shape index (κ1) is 20.2. The zero-order chi connectivity index (χ0) is 19.7. The van der Waals surface area contributed by atoms with Crippen LogP contribution in [0.3, 0.4) is 0 Å². The van der Waals surface area contributed by atoms with Crippen LogP contribution in [0.2, 0.25) is 0 Å². The molecule has 0 bridgehead atoms. The minimum absolute atomic E-state index is 0.0794. The van der Waals surface area contributed by atoms with Gasteiger partial charge in [-0.25, -0.2) is 4.98 Å². The molecule has 0 saturated carbocycles. The van der Waals surface area contributed by atoms with E-state index in [1.54, 1.807) is 6.92 Å². The summed E-state index contributed by atoms with van der Waals surface area (Å²) < 4.78 is 44.7. The van der Waals surface area contributed by atoms with E-state index in [1.807, 2.05) is 0 Å². The third kappa shape index (κ3) is 4.36. The van der Waals surface area contributed by atoms with Crippen LogP contribution in [0.1, 0.15) is 18.2 Å². The summed E-state index contributed by atoms with van der Waals surface area (Å²) >= 11 is 0. The van der Waals surface area contributed by atoms with Gasteiger partial charge >= 0.3 is 6.18 Å². The van der Waals surface area contributed by atoms with Crippen molar-refractivity contribution in [1.82, 2.24) is 9.55 Å². The number of hydrogen-bond donors (Lipinski definition) is 4. The van der Waals surface area contributed by atoms with Crippen molar-refractivity contribution in [2.45, 2.75) is 31.6 Å². The van der Waals surface area contributed by atoms with Crippen molar-refractivity contribution in [3.05, 3.63) is 35.7 Å². The number of ether oxygens (including phenoxy) is 1. The molecular weight excluding hydrogens is 354 g/mol. The van der Waals surface area contributed by atoms with E-state index in [0.29, 0.717) is 16.3 Å². The van der Waals surface area contributed by atoms with Gasteiger partial charge in [0.15, 0.2) is 19.4 Å². The molecule has 1 aromatic heterocycles. The predicted octanol–water partition coefficient (Wildman–Crippen LogP) is 0.508. The van der Waals surface area contributed by atoms with Crippen LogP contribution in [0, 0.1) is 0 Å². The average Bonchev–Trinajstić information content (AvgIpc) is 3.00. The topological polar surface area (TPSA) is 114 Å². The van der Waals surface area contributed by atoms with Crippen LogP contribution in [0.25, 0.3) is 11.4 Å². The van der Waals surface area contributed by atoms with Gasteiger partial charge in [-0.2, -0.15) is 13.2 Å². The van der Waals surface area contributed by atoms with E-state index >= 15 is 0 Å². The summed E-state index contributed by atoms with van der Waals surface area (Å²) in [7, 11) is 5.13. The van der Waals surface area contributed by atoms with Crippen LogP contribution in [0.5, 0.6) is 5.75 Å². The van der Waals surface area contributed by atoms with Gasteiger partial charge in [0, 0.05) is 23.9 Å². The van der Waals surface area contributed by atoms with Gasteiger partial charge in [-0.15, -0.1) is 0 Å². The quantitative estimate of drug-likeness (QED) is 0.435. The third-order valence-electron chi connectivity index (χ3n) is 3.48. The molecule has 5 N–H and O–H groups in total. The molecule has 0 saturated heterocycles. The first-order valence-electron chi connectivity index (χ1n) is 7.49. The molecule has 0 spiro atoms.